The molecule has 0 aliphatic rings. The smallest absolute Gasteiger partial charge is 0.259 e. The molecule has 0 aliphatic carbocycles. The summed E-state index contributed by atoms with van der Waals surface area (Å²) in [7, 11) is 5.05. The van der Waals surface area contributed by atoms with Gasteiger partial charge in [-0.15, -0.1) is 11.3 Å². The first-order chi connectivity index (χ1) is 14.0. The topological polar surface area (TPSA) is 60.9 Å². The van der Waals surface area contributed by atoms with Crippen LogP contribution in [0.3, 0.4) is 0 Å². The summed E-state index contributed by atoms with van der Waals surface area (Å²) in [5, 5.41) is 0.906. The highest BCUT2D eigenvalue weighted by Crippen LogP contribution is 2.30. The van der Waals surface area contributed by atoms with Crippen molar-refractivity contribution in [2.24, 2.45) is 0 Å². The molecule has 0 saturated carbocycles. The Bertz CT molecular complexity index is 1030. The Morgan fingerprint density at radius 2 is 1.93 bits per heavy atom. The van der Waals surface area contributed by atoms with E-state index in [9.17, 15) is 4.79 Å². The van der Waals surface area contributed by atoms with Crippen molar-refractivity contribution in [1.82, 2.24) is 9.88 Å². The lowest BCUT2D eigenvalue weighted by Gasteiger charge is -2.14. The normalized spacial score (nSPS) is 11.0. The lowest BCUT2D eigenvalue weighted by molar-refractivity contribution is -0.130. The lowest BCUT2D eigenvalue weighted by Crippen LogP contribution is -2.27. The summed E-state index contributed by atoms with van der Waals surface area (Å²) < 4.78 is 17.7. The van der Waals surface area contributed by atoms with Crippen molar-refractivity contribution in [1.29, 1.82) is 0 Å². The second kappa shape index (κ2) is 9.43. The molecule has 0 N–H and O–H groups in total. The van der Waals surface area contributed by atoms with Gasteiger partial charge >= 0.3 is 0 Å². The molecule has 7 heteroatoms. The first-order valence-corrected chi connectivity index (χ1v) is 10.0. The number of amides is 1. The minimum Gasteiger partial charge on any atom is -0.497 e. The quantitative estimate of drug-likeness (QED) is 0.551. The minimum absolute atomic E-state index is 0.0303. The van der Waals surface area contributed by atoms with Crippen molar-refractivity contribution in [2.45, 2.75) is 6.92 Å². The molecule has 6 nitrogen and oxygen atoms in total. The third kappa shape index (κ3) is 5.26. The molecule has 0 unspecified atom stereocenters. The van der Waals surface area contributed by atoms with Crippen molar-refractivity contribution in [3.05, 3.63) is 47.0 Å². The minimum atomic E-state index is -0.108. The monoisotopic (exact) mass is 412 g/mol. The zero-order valence-corrected chi connectivity index (χ0v) is 17.8. The number of likely N-dealkylation sites (N-methyl/N-ethyl adjacent to an activating group) is 1. The van der Waals surface area contributed by atoms with Crippen LogP contribution < -0.4 is 14.2 Å². The fourth-order valence-electron chi connectivity index (χ4n) is 2.57. The average Bonchev–Trinajstić information content (AvgIpc) is 3.13. The SMILES string of the molecule is CCOc1cc(/C=C/c2nc3ccc(OC)cc3s2)ccc1OCC(=O)N(C)C. The molecule has 29 heavy (non-hydrogen) atoms. The number of ether oxygens (including phenoxy) is 3. The van der Waals surface area contributed by atoms with E-state index in [0.29, 0.717) is 18.1 Å². The lowest BCUT2D eigenvalue weighted by atomic mass is 10.2. The summed E-state index contributed by atoms with van der Waals surface area (Å²) in [6, 6.07) is 11.5. The first-order valence-electron chi connectivity index (χ1n) is 9.22. The number of carbonyl (C=O) groups excluding carboxylic acids is 1. The summed E-state index contributed by atoms with van der Waals surface area (Å²) in [5.41, 5.74) is 1.90. The molecule has 152 valence electrons. The van der Waals surface area contributed by atoms with Crippen LogP contribution in [0.4, 0.5) is 0 Å². The predicted molar refractivity (Wildman–Crippen MR) is 117 cm³/mol. The third-order valence-electron chi connectivity index (χ3n) is 4.15. The van der Waals surface area contributed by atoms with Crippen LogP contribution in [-0.4, -0.2) is 50.2 Å². The van der Waals surface area contributed by atoms with Gasteiger partial charge in [-0.3, -0.25) is 4.79 Å². The molecule has 1 amide bonds. The van der Waals surface area contributed by atoms with E-state index in [4.69, 9.17) is 14.2 Å². The maximum atomic E-state index is 11.8. The van der Waals surface area contributed by atoms with E-state index in [-0.39, 0.29) is 12.5 Å². The van der Waals surface area contributed by atoms with Crippen molar-refractivity contribution in [3.63, 3.8) is 0 Å². The van der Waals surface area contributed by atoms with E-state index in [2.05, 4.69) is 4.98 Å². The molecular weight excluding hydrogens is 388 g/mol. The number of rotatable bonds is 8. The molecule has 1 heterocycles. The standard InChI is InChI=1S/C22H24N2O4S/c1-5-27-19-12-15(6-10-18(19)28-14-22(25)24(2)3)7-11-21-23-17-9-8-16(26-4)13-20(17)29-21/h6-13H,5,14H2,1-4H3/b11-7+. The van der Waals surface area contributed by atoms with Gasteiger partial charge in [0.05, 0.1) is 23.9 Å². The van der Waals surface area contributed by atoms with Crippen molar-refractivity contribution in [3.8, 4) is 17.2 Å². The fraction of sp³-hybridized carbons (Fsp3) is 0.273. The number of hydrogen-bond acceptors (Lipinski definition) is 6. The van der Waals surface area contributed by atoms with E-state index < -0.39 is 0 Å². The molecule has 0 radical (unpaired) electrons. The highest BCUT2D eigenvalue weighted by molar-refractivity contribution is 7.19. The van der Waals surface area contributed by atoms with E-state index in [1.165, 1.54) is 4.90 Å². The van der Waals surface area contributed by atoms with Gasteiger partial charge in [0.1, 0.15) is 10.8 Å². The zero-order chi connectivity index (χ0) is 20.8. The molecule has 0 bridgehead atoms. The van der Waals surface area contributed by atoms with Gasteiger partial charge in [0.2, 0.25) is 0 Å². The molecule has 0 atom stereocenters. The molecular formula is C22H24N2O4S. The van der Waals surface area contributed by atoms with Crippen LogP contribution in [0.2, 0.25) is 0 Å². The van der Waals surface area contributed by atoms with Gasteiger partial charge in [-0.1, -0.05) is 12.1 Å². The van der Waals surface area contributed by atoms with Crippen LogP contribution in [0.25, 0.3) is 22.4 Å². The maximum Gasteiger partial charge on any atom is 0.259 e. The largest absolute Gasteiger partial charge is 0.497 e. The molecule has 3 aromatic rings. The van der Waals surface area contributed by atoms with Crippen LogP contribution in [0.15, 0.2) is 36.4 Å². The molecule has 0 saturated heterocycles. The van der Waals surface area contributed by atoms with Gasteiger partial charge in [-0.2, -0.15) is 0 Å². The number of fused-ring (bicyclic) bond motifs is 1. The van der Waals surface area contributed by atoms with Crippen molar-refractivity contribution < 1.29 is 19.0 Å². The number of carbonyl (C=O) groups is 1. The van der Waals surface area contributed by atoms with E-state index >= 15 is 0 Å². The van der Waals surface area contributed by atoms with E-state index in [0.717, 1.165) is 26.5 Å². The van der Waals surface area contributed by atoms with Gasteiger partial charge in [-0.25, -0.2) is 4.98 Å². The molecule has 2 aromatic carbocycles. The maximum absolute atomic E-state index is 11.8. The second-order valence-electron chi connectivity index (χ2n) is 6.44. The summed E-state index contributed by atoms with van der Waals surface area (Å²) in [6.07, 6.45) is 3.95. The summed E-state index contributed by atoms with van der Waals surface area (Å²) in [4.78, 5) is 17.9. The van der Waals surface area contributed by atoms with Crippen LogP contribution in [-0.2, 0) is 4.79 Å². The Morgan fingerprint density at radius 3 is 2.66 bits per heavy atom. The Labute approximate surface area is 174 Å². The average molecular weight is 413 g/mol. The number of methoxy groups -OCH3 is 1. The summed E-state index contributed by atoms with van der Waals surface area (Å²) in [5.74, 6) is 1.87. The first kappa shape index (κ1) is 20.7. The van der Waals surface area contributed by atoms with Crippen molar-refractivity contribution >= 4 is 39.6 Å². The third-order valence-corrected chi connectivity index (χ3v) is 5.13. The second-order valence-corrected chi connectivity index (χ2v) is 7.50. The predicted octanol–water partition coefficient (Wildman–Crippen LogP) is 4.34. The van der Waals surface area contributed by atoms with Gasteiger partial charge < -0.3 is 19.1 Å². The van der Waals surface area contributed by atoms with Crippen LogP contribution in [0.5, 0.6) is 17.2 Å². The molecule has 1 aromatic heterocycles. The zero-order valence-electron chi connectivity index (χ0n) is 17.0. The van der Waals surface area contributed by atoms with E-state index in [1.807, 2.05) is 55.5 Å². The Balaban J connectivity index is 1.77. The highest BCUT2D eigenvalue weighted by Gasteiger charge is 2.10. The number of aromatic nitrogens is 1. The van der Waals surface area contributed by atoms with Gasteiger partial charge in [0.25, 0.3) is 5.91 Å². The van der Waals surface area contributed by atoms with Crippen LogP contribution in [0.1, 0.15) is 17.5 Å². The van der Waals surface area contributed by atoms with Crippen LogP contribution in [0, 0.1) is 0 Å². The number of benzene rings is 2. The summed E-state index contributed by atoms with van der Waals surface area (Å²) >= 11 is 1.60. The van der Waals surface area contributed by atoms with Crippen molar-refractivity contribution in [2.75, 3.05) is 34.4 Å². The van der Waals surface area contributed by atoms with E-state index in [1.54, 1.807) is 32.5 Å². The van der Waals surface area contributed by atoms with Gasteiger partial charge in [-0.05, 0) is 48.9 Å². The van der Waals surface area contributed by atoms with Gasteiger partial charge in [0.15, 0.2) is 18.1 Å². The number of hydrogen-bond donors (Lipinski definition) is 0. The van der Waals surface area contributed by atoms with Crippen LogP contribution >= 0.6 is 11.3 Å². The molecule has 0 aliphatic heterocycles. The van der Waals surface area contributed by atoms with Gasteiger partial charge in [0, 0.05) is 14.1 Å². The Morgan fingerprint density at radius 1 is 1.10 bits per heavy atom. The highest BCUT2D eigenvalue weighted by atomic mass is 32.1. The summed E-state index contributed by atoms with van der Waals surface area (Å²) in [6.45, 7) is 2.38. The fourth-order valence-corrected chi connectivity index (χ4v) is 3.47. The molecule has 0 spiro atoms. The Kier molecular flexibility index (Phi) is 6.72. The molecule has 0 fully saturated rings. The number of thiazole rings is 1. The Hall–Kier alpha value is -3.06. The molecule has 3 rings (SSSR count). The number of nitrogens with zero attached hydrogens (tertiary/aromatic N) is 2.